The molecule has 0 heterocycles. The summed E-state index contributed by atoms with van der Waals surface area (Å²) in [4.78, 5) is 12.0. The average Bonchev–Trinajstić information content (AvgIpc) is 2.45. The third-order valence-corrected chi connectivity index (χ3v) is 2.85. The van der Waals surface area contributed by atoms with Crippen molar-refractivity contribution in [3.05, 3.63) is 23.8 Å². The minimum absolute atomic E-state index is 0.0860. The molecule has 1 aromatic carbocycles. The van der Waals surface area contributed by atoms with Gasteiger partial charge in [0.2, 0.25) is 0 Å². The zero-order chi connectivity index (χ0) is 15.0. The highest BCUT2D eigenvalue weighted by molar-refractivity contribution is 5.94. The second kappa shape index (κ2) is 8.46. The summed E-state index contributed by atoms with van der Waals surface area (Å²) < 4.78 is 10.9. The van der Waals surface area contributed by atoms with E-state index >= 15 is 0 Å². The molecule has 0 saturated heterocycles. The largest absolute Gasteiger partial charge is 0.493 e. The molecular formula is C16H25NO3. The molecule has 0 aliphatic heterocycles. The van der Waals surface area contributed by atoms with E-state index < -0.39 is 0 Å². The van der Waals surface area contributed by atoms with Gasteiger partial charge in [0.15, 0.2) is 11.5 Å². The molecule has 1 aromatic rings. The molecule has 0 aromatic heterocycles. The van der Waals surface area contributed by atoms with Crippen molar-refractivity contribution in [2.24, 2.45) is 5.92 Å². The highest BCUT2D eigenvalue weighted by Crippen LogP contribution is 2.28. The number of carbonyl (C=O) groups is 1. The van der Waals surface area contributed by atoms with Gasteiger partial charge >= 0.3 is 0 Å². The summed E-state index contributed by atoms with van der Waals surface area (Å²) in [7, 11) is 1.58. The first kappa shape index (κ1) is 16.3. The Hall–Kier alpha value is -1.71. The van der Waals surface area contributed by atoms with Crippen molar-refractivity contribution in [3.63, 3.8) is 0 Å². The SMILES string of the molecule is CCCCOc1ccc(C(=O)NCC(C)C)cc1OC. The monoisotopic (exact) mass is 279 g/mol. The van der Waals surface area contributed by atoms with Crippen LogP contribution in [-0.4, -0.2) is 26.2 Å². The molecule has 0 aliphatic rings. The molecule has 0 saturated carbocycles. The van der Waals surface area contributed by atoms with Gasteiger partial charge in [0.1, 0.15) is 0 Å². The maximum absolute atomic E-state index is 12.0. The van der Waals surface area contributed by atoms with Crippen LogP contribution in [0, 0.1) is 5.92 Å². The lowest BCUT2D eigenvalue weighted by molar-refractivity contribution is 0.0948. The Morgan fingerprint density at radius 1 is 1.30 bits per heavy atom. The number of benzene rings is 1. The number of methoxy groups -OCH3 is 1. The van der Waals surface area contributed by atoms with Gasteiger partial charge in [-0.15, -0.1) is 0 Å². The summed E-state index contributed by atoms with van der Waals surface area (Å²) >= 11 is 0. The number of carbonyl (C=O) groups excluding carboxylic acids is 1. The van der Waals surface area contributed by atoms with E-state index in [9.17, 15) is 4.79 Å². The molecule has 1 rings (SSSR count). The van der Waals surface area contributed by atoms with Crippen LogP contribution in [0.5, 0.6) is 11.5 Å². The molecule has 1 amide bonds. The molecule has 4 nitrogen and oxygen atoms in total. The molecule has 0 fully saturated rings. The van der Waals surface area contributed by atoms with E-state index in [-0.39, 0.29) is 5.91 Å². The Bertz CT molecular complexity index is 430. The number of unbranched alkanes of at least 4 members (excludes halogenated alkanes) is 1. The van der Waals surface area contributed by atoms with Gasteiger partial charge in [-0.2, -0.15) is 0 Å². The van der Waals surface area contributed by atoms with Crippen LogP contribution in [0.4, 0.5) is 0 Å². The Kier molecular flexibility index (Phi) is 6.91. The predicted octanol–water partition coefficient (Wildman–Crippen LogP) is 3.26. The average molecular weight is 279 g/mol. The third-order valence-electron chi connectivity index (χ3n) is 2.85. The highest BCUT2D eigenvalue weighted by atomic mass is 16.5. The van der Waals surface area contributed by atoms with Gasteiger partial charge in [0, 0.05) is 12.1 Å². The molecular weight excluding hydrogens is 254 g/mol. The van der Waals surface area contributed by atoms with Crippen molar-refractivity contribution in [2.75, 3.05) is 20.3 Å². The summed E-state index contributed by atoms with van der Waals surface area (Å²) in [5.74, 6) is 1.62. The van der Waals surface area contributed by atoms with E-state index in [0.717, 1.165) is 12.8 Å². The summed E-state index contributed by atoms with van der Waals surface area (Å²) in [6.07, 6.45) is 2.08. The van der Waals surface area contributed by atoms with Gasteiger partial charge in [-0.1, -0.05) is 27.2 Å². The third kappa shape index (κ3) is 5.11. The van der Waals surface area contributed by atoms with Crippen molar-refractivity contribution < 1.29 is 14.3 Å². The molecule has 4 heteroatoms. The minimum atomic E-state index is -0.0860. The molecule has 0 spiro atoms. The van der Waals surface area contributed by atoms with Crippen LogP contribution in [0.2, 0.25) is 0 Å². The Labute approximate surface area is 121 Å². The van der Waals surface area contributed by atoms with E-state index in [2.05, 4.69) is 26.1 Å². The van der Waals surface area contributed by atoms with Gasteiger partial charge in [-0.3, -0.25) is 4.79 Å². The quantitative estimate of drug-likeness (QED) is 0.743. The predicted molar refractivity (Wildman–Crippen MR) is 80.6 cm³/mol. The lowest BCUT2D eigenvalue weighted by Gasteiger charge is -2.12. The second-order valence-electron chi connectivity index (χ2n) is 5.17. The van der Waals surface area contributed by atoms with E-state index in [4.69, 9.17) is 9.47 Å². The van der Waals surface area contributed by atoms with Crippen LogP contribution in [0.15, 0.2) is 18.2 Å². The summed E-state index contributed by atoms with van der Waals surface area (Å²) in [5, 5.41) is 2.89. The zero-order valence-electron chi connectivity index (χ0n) is 12.9. The smallest absolute Gasteiger partial charge is 0.251 e. The highest BCUT2D eigenvalue weighted by Gasteiger charge is 2.11. The van der Waals surface area contributed by atoms with Crippen LogP contribution in [0.1, 0.15) is 44.0 Å². The topological polar surface area (TPSA) is 47.6 Å². The molecule has 112 valence electrons. The van der Waals surface area contributed by atoms with Gasteiger partial charge in [-0.25, -0.2) is 0 Å². The number of hydrogen-bond acceptors (Lipinski definition) is 3. The van der Waals surface area contributed by atoms with Crippen LogP contribution in [0.25, 0.3) is 0 Å². The number of amides is 1. The lowest BCUT2D eigenvalue weighted by Crippen LogP contribution is -2.27. The number of rotatable bonds is 8. The molecule has 20 heavy (non-hydrogen) atoms. The maximum atomic E-state index is 12.0. The summed E-state index contributed by atoms with van der Waals surface area (Å²) in [5.41, 5.74) is 0.588. The Morgan fingerprint density at radius 3 is 2.65 bits per heavy atom. The first-order chi connectivity index (χ1) is 9.58. The number of nitrogens with one attached hydrogen (secondary N) is 1. The fraction of sp³-hybridized carbons (Fsp3) is 0.562. The normalized spacial score (nSPS) is 10.4. The van der Waals surface area contributed by atoms with Crippen LogP contribution < -0.4 is 14.8 Å². The van der Waals surface area contributed by atoms with Crippen molar-refractivity contribution in [1.29, 1.82) is 0 Å². The van der Waals surface area contributed by atoms with Crippen molar-refractivity contribution in [1.82, 2.24) is 5.32 Å². The molecule has 0 atom stereocenters. The van der Waals surface area contributed by atoms with E-state index in [1.807, 2.05) is 0 Å². The van der Waals surface area contributed by atoms with Gasteiger partial charge in [0.05, 0.1) is 13.7 Å². The van der Waals surface area contributed by atoms with Crippen molar-refractivity contribution in [2.45, 2.75) is 33.6 Å². The van der Waals surface area contributed by atoms with Gasteiger partial charge in [0.25, 0.3) is 5.91 Å². The number of hydrogen-bond donors (Lipinski definition) is 1. The standard InChI is InChI=1S/C16H25NO3/c1-5-6-9-20-14-8-7-13(10-15(14)19-4)16(18)17-11-12(2)3/h7-8,10,12H,5-6,9,11H2,1-4H3,(H,17,18). The molecule has 0 radical (unpaired) electrons. The van der Waals surface area contributed by atoms with E-state index in [1.165, 1.54) is 0 Å². The maximum Gasteiger partial charge on any atom is 0.251 e. The van der Waals surface area contributed by atoms with Crippen LogP contribution >= 0.6 is 0 Å². The van der Waals surface area contributed by atoms with Gasteiger partial charge < -0.3 is 14.8 Å². The van der Waals surface area contributed by atoms with Crippen molar-refractivity contribution >= 4 is 5.91 Å². The first-order valence-electron chi connectivity index (χ1n) is 7.17. The molecule has 0 bridgehead atoms. The minimum Gasteiger partial charge on any atom is -0.493 e. The first-order valence-corrected chi connectivity index (χ1v) is 7.17. The lowest BCUT2D eigenvalue weighted by atomic mass is 10.1. The van der Waals surface area contributed by atoms with Crippen LogP contribution in [0.3, 0.4) is 0 Å². The van der Waals surface area contributed by atoms with E-state index in [1.54, 1.807) is 25.3 Å². The van der Waals surface area contributed by atoms with Crippen molar-refractivity contribution in [3.8, 4) is 11.5 Å². The fourth-order valence-electron chi connectivity index (χ4n) is 1.65. The Balaban J connectivity index is 2.73. The number of ether oxygens (including phenoxy) is 2. The summed E-state index contributed by atoms with van der Waals surface area (Å²) in [6, 6.07) is 5.27. The van der Waals surface area contributed by atoms with E-state index in [0.29, 0.717) is 36.1 Å². The summed E-state index contributed by atoms with van der Waals surface area (Å²) in [6.45, 7) is 7.56. The molecule has 0 unspecified atom stereocenters. The molecule has 0 aliphatic carbocycles. The van der Waals surface area contributed by atoms with Crippen LogP contribution in [-0.2, 0) is 0 Å². The van der Waals surface area contributed by atoms with Gasteiger partial charge in [-0.05, 0) is 30.5 Å². The second-order valence-corrected chi connectivity index (χ2v) is 5.17. The Morgan fingerprint density at radius 2 is 2.05 bits per heavy atom. The molecule has 1 N–H and O–H groups in total. The zero-order valence-corrected chi connectivity index (χ0v) is 12.9. The fourth-order valence-corrected chi connectivity index (χ4v) is 1.65.